The van der Waals surface area contributed by atoms with Crippen molar-refractivity contribution < 1.29 is 10.0 Å². The van der Waals surface area contributed by atoms with Gasteiger partial charge in [-0.3, -0.25) is 14.8 Å². The van der Waals surface area contributed by atoms with E-state index in [1.807, 2.05) is 35.0 Å². The summed E-state index contributed by atoms with van der Waals surface area (Å²) in [5, 5.41) is 11.0. The molecule has 0 saturated heterocycles. The highest BCUT2D eigenvalue weighted by molar-refractivity contribution is 5.94. The number of pyridine rings is 1. The Bertz CT molecular complexity index is 1010. The molecule has 0 atom stereocenters. The van der Waals surface area contributed by atoms with Gasteiger partial charge in [-0.2, -0.15) is 0 Å². The van der Waals surface area contributed by atoms with E-state index in [2.05, 4.69) is 36.9 Å². The fourth-order valence-corrected chi connectivity index (χ4v) is 3.10. The van der Waals surface area contributed by atoms with Crippen molar-refractivity contribution in [1.29, 1.82) is 0 Å². The highest BCUT2D eigenvalue weighted by Gasteiger charge is 2.16. The van der Waals surface area contributed by atoms with Gasteiger partial charge in [0.25, 0.3) is 0 Å². The van der Waals surface area contributed by atoms with Crippen molar-refractivity contribution in [2.75, 3.05) is 6.54 Å². The van der Waals surface area contributed by atoms with Crippen LogP contribution >= 0.6 is 0 Å². The maximum atomic E-state index is 10.9. The second-order valence-corrected chi connectivity index (χ2v) is 6.02. The van der Waals surface area contributed by atoms with Gasteiger partial charge in [-0.1, -0.05) is 18.1 Å². The highest BCUT2D eigenvalue weighted by Crippen LogP contribution is 2.34. The summed E-state index contributed by atoms with van der Waals surface area (Å²) < 4.78 is 1.95. The number of nitrogens with two attached hydrogens (primary N) is 1. The Kier molecular flexibility index (Phi) is 4.92. The minimum Gasteiger partial charge on any atom is -0.350 e. The summed E-state index contributed by atoms with van der Waals surface area (Å²) in [6, 6.07) is 12.3. The number of urea groups is 1. The summed E-state index contributed by atoms with van der Waals surface area (Å²) in [6.07, 6.45) is 3.86. The number of hydrogen-bond acceptors (Lipinski definition) is 3. The molecule has 2 amide bonds. The molecule has 6 nitrogen and oxygen atoms in total. The smallest absolute Gasteiger partial charge is 0.338 e. The van der Waals surface area contributed by atoms with Crippen molar-refractivity contribution >= 4 is 16.9 Å². The minimum atomic E-state index is -0.888. The lowest BCUT2D eigenvalue weighted by Crippen LogP contribution is -2.33. The van der Waals surface area contributed by atoms with Crippen LogP contribution in [0.3, 0.4) is 0 Å². The van der Waals surface area contributed by atoms with Gasteiger partial charge < -0.3 is 5.73 Å². The lowest BCUT2D eigenvalue weighted by atomic mass is 10.0. The van der Waals surface area contributed by atoms with Crippen molar-refractivity contribution in [2.45, 2.75) is 20.3 Å². The van der Waals surface area contributed by atoms with E-state index >= 15 is 0 Å². The second kappa shape index (κ2) is 7.30. The molecule has 0 aliphatic carbocycles. The molecule has 0 spiro atoms. The summed E-state index contributed by atoms with van der Waals surface area (Å²) in [6.45, 7) is 4.22. The number of amides is 2. The van der Waals surface area contributed by atoms with Gasteiger partial charge in [0.15, 0.2) is 0 Å². The first-order chi connectivity index (χ1) is 12.5. The normalized spacial score (nSPS) is 10.4. The third kappa shape index (κ3) is 3.25. The molecule has 3 rings (SSSR count). The predicted octanol–water partition coefficient (Wildman–Crippen LogP) is 3.29. The summed E-state index contributed by atoms with van der Waals surface area (Å²) in [5.41, 5.74) is 10.3. The molecule has 2 aromatic heterocycles. The molecule has 2 heterocycles. The molecule has 0 fully saturated rings. The van der Waals surface area contributed by atoms with Crippen molar-refractivity contribution in [1.82, 2.24) is 14.6 Å². The van der Waals surface area contributed by atoms with Gasteiger partial charge in [-0.25, -0.2) is 9.86 Å². The Balaban J connectivity index is 2.09. The van der Waals surface area contributed by atoms with Crippen molar-refractivity contribution in [2.24, 2.45) is 5.73 Å². The SMILES string of the molecule is Cc1cccc2c1c(C)c(-c1cccnc1)n2C#CCCN(O)C(N)=O. The number of aromatic nitrogens is 2. The van der Waals surface area contributed by atoms with Gasteiger partial charge in [-0.05, 0) is 43.2 Å². The molecule has 0 aliphatic rings. The molecule has 132 valence electrons. The van der Waals surface area contributed by atoms with Gasteiger partial charge >= 0.3 is 6.03 Å². The summed E-state index contributed by atoms with van der Waals surface area (Å²) >= 11 is 0. The van der Waals surface area contributed by atoms with E-state index in [0.717, 1.165) is 22.3 Å². The Hall–Kier alpha value is -3.30. The van der Waals surface area contributed by atoms with Crippen molar-refractivity contribution in [3.8, 4) is 23.2 Å². The van der Waals surface area contributed by atoms with Gasteiger partial charge in [-0.15, -0.1) is 0 Å². The molecule has 0 radical (unpaired) electrons. The number of primary amides is 1. The van der Waals surface area contributed by atoms with Crippen LogP contribution in [0.15, 0.2) is 42.7 Å². The largest absolute Gasteiger partial charge is 0.350 e. The Labute approximate surface area is 151 Å². The number of aryl methyl sites for hydroxylation is 2. The molecule has 0 unspecified atom stereocenters. The standard InChI is InChI=1S/C20H20N4O2/c1-14-7-5-9-17-18(14)15(2)19(16-8-6-10-22-13-16)23(17)11-3-4-12-24(26)20(21)25/h5-10,13,26H,4,12H2,1-2H3,(H2,21,25). The summed E-state index contributed by atoms with van der Waals surface area (Å²) in [7, 11) is 0. The van der Waals surface area contributed by atoms with Gasteiger partial charge in [0, 0.05) is 35.8 Å². The molecular weight excluding hydrogens is 328 g/mol. The van der Waals surface area contributed by atoms with E-state index in [4.69, 9.17) is 5.73 Å². The first-order valence-electron chi connectivity index (χ1n) is 8.26. The van der Waals surface area contributed by atoms with Gasteiger partial charge in [0.05, 0.1) is 17.8 Å². The van der Waals surface area contributed by atoms with E-state index in [9.17, 15) is 10.0 Å². The third-order valence-corrected chi connectivity index (χ3v) is 4.27. The van der Waals surface area contributed by atoms with Crippen LogP contribution in [0, 0.1) is 25.8 Å². The number of carbonyl (C=O) groups is 1. The first-order valence-corrected chi connectivity index (χ1v) is 8.26. The zero-order valence-electron chi connectivity index (χ0n) is 14.7. The van der Waals surface area contributed by atoms with Gasteiger partial charge in [0.1, 0.15) is 0 Å². The van der Waals surface area contributed by atoms with Crippen LogP contribution in [-0.2, 0) is 0 Å². The van der Waals surface area contributed by atoms with E-state index in [1.165, 1.54) is 10.9 Å². The number of carbonyl (C=O) groups excluding carboxylic acids is 1. The molecule has 26 heavy (non-hydrogen) atoms. The zero-order valence-corrected chi connectivity index (χ0v) is 14.7. The molecule has 3 aromatic rings. The number of benzene rings is 1. The van der Waals surface area contributed by atoms with Crippen LogP contribution < -0.4 is 5.73 Å². The maximum absolute atomic E-state index is 10.9. The lowest BCUT2D eigenvalue weighted by molar-refractivity contribution is -0.0373. The summed E-state index contributed by atoms with van der Waals surface area (Å²) in [4.78, 5) is 15.1. The zero-order chi connectivity index (χ0) is 18.7. The third-order valence-electron chi connectivity index (χ3n) is 4.27. The topological polar surface area (TPSA) is 84.4 Å². The van der Waals surface area contributed by atoms with Crippen LogP contribution in [-0.4, -0.2) is 32.4 Å². The van der Waals surface area contributed by atoms with Crippen molar-refractivity contribution in [3.05, 3.63) is 53.9 Å². The van der Waals surface area contributed by atoms with E-state index < -0.39 is 6.03 Å². The molecule has 6 heteroatoms. The van der Waals surface area contributed by atoms with Crippen LogP contribution in [0.5, 0.6) is 0 Å². The molecule has 3 N–H and O–H groups in total. The monoisotopic (exact) mass is 348 g/mol. The molecule has 1 aromatic carbocycles. The molecule has 0 saturated carbocycles. The summed E-state index contributed by atoms with van der Waals surface area (Å²) in [5.74, 6) is 3.01. The number of hydroxylamine groups is 2. The van der Waals surface area contributed by atoms with E-state index in [0.29, 0.717) is 11.5 Å². The van der Waals surface area contributed by atoms with E-state index in [-0.39, 0.29) is 6.54 Å². The predicted molar refractivity (Wildman–Crippen MR) is 101 cm³/mol. The average Bonchev–Trinajstić information content (AvgIpc) is 2.92. The van der Waals surface area contributed by atoms with Crippen molar-refractivity contribution in [3.63, 3.8) is 0 Å². The van der Waals surface area contributed by atoms with Crippen LogP contribution in [0.2, 0.25) is 0 Å². The quantitative estimate of drug-likeness (QED) is 0.433. The Morgan fingerprint density at radius 3 is 2.81 bits per heavy atom. The molecular formula is C20H20N4O2. The molecule has 0 aliphatic heterocycles. The van der Waals surface area contributed by atoms with Crippen LogP contribution in [0.4, 0.5) is 4.79 Å². The van der Waals surface area contributed by atoms with Crippen LogP contribution in [0.1, 0.15) is 17.5 Å². The number of hydrogen-bond donors (Lipinski definition) is 2. The highest BCUT2D eigenvalue weighted by atomic mass is 16.5. The van der Waals surface area contributed by atoms with E-state index in [1.54, 1.807) is 6.20 Å². The first kappa shape index (κ1) is 17.5. The minimum absolute atomic E-state index is 0.0573. The maximum Gasteiger partial charge on any atom is 0.338 e. The fraction of sp³-hybridized carbons (Fsp3) is 0.200. The average molecular weight is 348 g/mol. The Morgan fingerprint density at radius 2 is 2.12 bits per heavy atom. The van der Waals surface area contributed by atoms with Crippen LogP contribution in [0.25, 0.3) is 22.2 Å². The second-order valence-electron chi connectivity index (χ2n) is 6.02. The molecule has 0 bridgehead atoms. The number of fused-ring (bicyclic) bond motifs is 1. The number of nitrogens with zero attached hydrogens (tertiary/aromatic N) is 3. The van der Waals surface area contributed by atoms with Gasteiger partial charge in [0.2, 0.25) is 0 Å². The fourth-order valence-electron chi connectivity index (χ4n) is 3.10. The number of rotatable bonds is 3. The lowest BCUT2D eigenvalue weighted by Gasteiger charge is -2.08. The Morgan fingerprint density at radius 1 is 1.31 bits per heavy atom.